The molecule has 0 saturated heterocycles. The molecule has 1 amide bonds. The molecule has 0 spiro atoms. The van der Waals surface area contributed by atoms with E-state index in [9.17, 15) is 13.2 Å². The lowest BCUT2D eigenvalue weighted by molar-refractivity contribution is -0.115. The highest BCUT2D eigenvalue weighted by Gasteiger charge is 2.16. The molecule has 116 valence electrons. The zero-order valence-electron chi connectivity index (χ0n) is 11.9. The first-order valence-corrected chi connectivity index (χ1v) is 9.02. The highest BCUT2D eigenvalue weighted by Crippen LogP contribution is 2.14. The Bertz CT molecular complexity index is 756. The van der Waals surface area contributed by atoms with Crippen LogP contribution in [0.1, 0.15) is 12.0 Å². The van der Waals surface area contributed by atoms with Crippen molar-refractivity contribution in [1.82, 2.24) is 4.98 Å². The van der Waals surface area contributed by atoms with E-state index in [-0.39, 0.29) is 23.0 Å². The fraction of sp³-hybridized carbons (Fsp3) is 0.200. The van der Waals surface area contributed by atoms with E-state index in [1.54, 1.807) is 36.4 Å². The van der Waals surface area contributed by atoms with Crippen LogP contribution in [0.25, 0.3) is 0 Å². The van der Waals surface area contributed by atoms with Gasteiger partial charge in [-0.05, 0) is 47.1 Å². The van der Waals surface area contributed by atoms with E-state index in [1.807, 2.05) is 6.92 Å². The van der Waals surface area contributed by atoms with Crippen molar-refractivity contribution in [2.45, 2.75) is 18.2 Å². The molecule has 2 aromatic rings. The molecule has 0 atom stereocenters. The van der Waals surface area contributed by atoms with Crippen LogP contribution in [0.4, 0.5) is 5.69 Å². The van der Waals surface area contributed by atoms with Gasteiger partial charge in [0.1, 0.15) is 4.60 Å². The Morgan fingerprint density at radius 2 is 1.86 bits per heavy atom. The maximum absolute atomic E-state index is 12.1. The molecule has 22 heavy (non-hydrogen) atoms. The summed E-state index contributed by atoms with van der Waals surface area (Å²) < 4.78 is 25.0. The summed E-state index contributed by atoms with van der Waals surface area (Å²) in [5.74, 6) is -0.592. The SMILES string of the molecule is Cc1ccc(S(=O)(=O)CCC(=O)Nc2ccc(Br)nc2)cc1. The second-order valence-corrected chi connectivity index (χ2v) is 7.72. The predicted molar refractivity (Wildman–Crippen MR) is 88.4 cm³/mol. The van der Waals surface area contributed by atoms with Crippen molar-refractivity contribution in [3.05, 3.63) is 52.8 Å². The van der Waals surface area contributed by atoms with Crippen LogP contribution in [0.2, 0.25) is 0 Å². The number of hydrogen-bond acceptors (Lipinski definition) is 4. The first-order chi connectivity index (χ1) is 10.4. The lowest BCUT2D eigenvalue weighted by atomic mass is 10.2. The lowest BCUT2D eigenvalue weighted by Gasteiger charge is -2.06. The van der Waals surface area contributed by atoms with Crippen molar-refractivity contribution in [2.24, 2.45) is 0 Å². The van der Waals surface area contributed by atoms with Gasteiger partial charge in [0.25, 0.3) is 0 Å². The van der Waals surface area contributed by atoms with Crippen molar-refractivity contribution in [2.75, 3.05) is 11.1 Å². The number of nitrogens with zero attached hydrogens (tertiary/aromatic N) is 1. The Morgan fingerprint density at radius 3 is 2.45 bits per heavy atom. The van der Waals surface area contributed by atoms with Gasteiger partial charge in [0.2, 0.25) is 5.91 Å². The van der Waals surface area contributed by atoms with Crippen molar-refractivity contribution in [1.29, 1.82) is 0 Å². The molecule has 0 radical (unpaired) electrons. The first kappa shape index (κ1) is 16.6. The molecule has 0 fully saturated rings. The quantitative estimate of drug-likeness (QED) is 0.806. The van der Waals surface area contributed by atoms with Crippen LogP contribution in [0.3, 0.4) is 0 Å². The fourth-order valence-electron chi connectivity index (χ4n) is 1.76. The molecule has 0 unspecified atom stereocenters. The molecule has 0 aliphatic rings. The van der Waals surface area contributed by atoms with Crippen molar-refractivity contribution in [3.63, 3.8) is 0 Å². The van der Waals surface area contributed by atoms with Gasteiger partial charge in [-0.2, -0.15) is 0 Å². The van der Waals surface area contributed by atoms with Crippen molar-refractivity contribution in [3.8, 4) is 0 Å². The number of halogens is 1. The van der Waals surface area contributed by atoms with Gasteiger partial charge in [-0.1, -0.05) is 17.7 Å². The van der Waals surface area contributed by atoms with Crippen LogP contribution in [0.15, 0.2) is 52.1 Å². The maximum atomic E-state index is 12.1. The average Bonchev–Trinajstić information content (AvgIpc) is 2.48. The largest absolute Gasteiger partial charge is 0.325 e. The smallest absolute Gasteiger partial charge is 0.225 e. The van der Waals surface area contributed by atoms with Gasteiger partial charge in [0, 0.05) is 6.42 Å². The summed E-state index contributed by atoms with van der Waals surface area (Å²) in [5.41, 5.74) is 1.51. The summed E-state index contributed by atoms with van der Waals surface area (Å²) in [7, 11) is -3.46. The summed E-state index contributed by atoms with van der Waals surface area (Å²) >= 11 is 3.20. The molecule has 5 nitrogen and oxygen atoms in total. The number of rotatable bonds is 5. The second-order valence-electron chi connectivity index (χ2n) is 4.80. The minimum absolute atomic E-state index is 0.105. The zero-order valence-corrected chi connectivity index (χ0v) is 14.3. The van der Waals surface area contributed by atoms with Crippen LogP contribution in [0, 0.1) is 6.92 Å². The molecule has 0 aliphatic heterocycles. The number of pyridine rings is 1. The molecule has 1 aromatic carbocycles. The third kappa shape index (κ3) is 4.64. The third-order valence-electron chi connectivity index (χ3n) is 2.99. The Hall–Kier alpha value is -1.73. The minimum Gasteiger partial charge on any atom is -0.325 e. The first-order valence-electron chi connectivity index (χ1n) is 6.58. The van der Waals surface area contributed by atoms with Gasteiger partial charge in [-0.25, -0.2) is 13.4 Å². The molecular formula is C15H15BrN2O3S. The Kier molecular flexibility index (Phi) is 5.31. The van der Waals surface area contributed by atoms with E-state index in [4.69, 9.17) is 0 Å². The molecular weight excluding hydrogens is 368 g/mol. The monoisotopic (exact) mass is 382 g/mol. The summed E-state index contributed by atoms with van der Waals surface area (Å²) in [6.07, 6.45) is 1.39. The van der Waals surface area contributed by atoms with Crippen LogP contribution >= 0.6 is 15.9 Å². The number of aryl methyl sites for hydroxylation is 1. The summed E-state index contributed by atoms with van der Waals surface area (Å²) in [6.45, 7) is 1.89. The highest BCUT2D eigenvalue weighted by atomic mass is 79.9. The minimum atomic E-state index is -3.46. The van der Waals surface area contributed by atoms with Gasteiger partial charge in [0.05, 0.1) is 22.5 Å². The van der Waals surface area contributed by atoms with Crippen LogP contribution < -0.4 is 5.32 Å². The van der Waals surface area contributed by atoms with E-state index < -0.39 is 9.84 Å². The van der Waals surface area contributed by atoms with E-state index in [2.05, 4.69) is 26.2 Å². The number of aromatic nitrogens is 1. The van der Waals surface area contributed by atoms with Crippen LogP contribution in [-0.2, 0) is 14.6 Å². The molecule has 1 aromatic heterocycles. The Labute approximate surface area is 137 Å². The standard InChI is InChI=1S/C15H15BrN2O3S/c1-11-2-5-13(6-3-11)22(20,21)9-8-15(19)18-12-4-7-14(16)17-10-12/h2-7,10H,8-9H2,1H3,(H,18,19). The van der Waals surface area contributed by atoms with Gasteiger partial charge in [-0.3, -0.25) is 4.79 Å². The molecule has 1 heterocycles. The summed E-state index contributed by atoms with van der Waals surface area (Å²) in [4.78, 5) is 16.0. The lowest BCUT2D eigenvalue weighted by Crippen LogP contribution is -2.17. The fourth-order valence-corrected chi connectivity index (χ4v) is 3.24. The van der Waals surface area contributed by atoms with Gasteiger partial charge in [0.15, 0.2) is 9.84 Å². The maximum Gasteiger partial charge on any atom is 0.225 e. The Balaban J connectivity index is 1.95. The average molecular weight is 383 g/mol. The molecule has 1 N–H and O–H groups in total. The van der Waals surface area contributed by atoms with Crippen molar-refractivity contribution >= 4 is 37.4 Å². The van der Waals surface area contributed by atoms with Gasteiger partial charge < -0.3 is 5.32 Å². The number of benzene rings is 1. The van der Waals surface area contributed by atoms with Gasteiger partial charge >= 0.3 is 0 Å². The molecule has 2 rings (SSSR count). The molecule has 7 heteroatoms. The second kappa shape index (κ2) is 7.02. The predicted octanol–water partition coefficient (Wildman–Crippen LogP) is 2.96. The number of amides is 1. The molecule has 0 saturated carbocycles. The summed E-state index contributed by atoms with van der Waals surface area (Å²) in [5, 5.41) is 2.62. The number of hydrogen-bond donors (Lipinski definition) is 1. The topological polar surface area (TPSA) is 76.1 Å². The van der Waals surface area contributed by atoms with Crippen molar-refractivity contribution < 1.29 is 13.2 Å². The van der Waals surface area contributed by atoms with Crippen LogP contribution in [-0.4, -0.2) is 25.1 Å². The Morgan fingerprint density at radius 1 is 1.18 bits per heavy atom. The van der Waals surface area contributed by atoms with E-state index in [0.29, 0.717) is 10.3 Å². The molecule has 0 aliphatic carbocycles. The third-order valence-corrected chi connectivity index (χ3v) is 5.19. The highest BCUT2D eigenvalue weighted by molar-refractivity contribution is 9.10. The number of sulfone groups is 1. The molecule has 0 bridgehead atoms. The number of anilines is 1. The zero-order chi connectivity index (χ0) is 16.2. The normalized spacial score (nSPS) is 11.2. The van der Waals surface area contributed by atoms with E-state index >= 15 is 0 Å². The number of carbonyl (C=O) groups excluding carboxylic acids is 1. The van der Waals surface area contributed by atoms with E-state index in [1.165, 1.54) is 6.20 Å². The van der Waals surface area contributed by atoms with Gasteiger partial charge in [-0.15, -0.1) is 0 Å². The number of nitrogens with one attached hydrogen (secondary N) is 1. The van der Waals surface area contributed by atoms with E-state index in [0.717, 1.165) is 5.56 Å². The van der Waals surface area contributed by atoms with Crippen LogP contribution in [0.5, 0.6) is 0 Å². The number of carbonyl (C=O) groups is 1. The summed E-state index contributed by atoms with van der Waals surface area (Å²) in [6, 6.07) is 9.96.